The molecule has 0 aromatic heterocycles. The maximum absolute atomic E-state index is 11.8. The molecule has 4 amide bonds. The molecule has 0 unspecified atom stereocenters. The molecule has 11 heteroatoms. The summed E-state index contributed by atoms with van der Waals surface area (Å²) in [4.78, 5) is 56.8. The van der Waals surface area contributed by atoms with E-state index in [0.29, 0.717) is 45.4 Å². The van der Waals surface area contributed by atoms with Crippen LogP contribution in [-0.4, -0.2) is 74.0 Å². The van der Waals surface area contributed by atoms with Crippen molar-refractivity contribution >= 4 is 29.6 Å². The van der Waals surface area contributed by atoms with Crippen molar-refractivity contribution in [3.05, 3.63) is 0 Å². The normalized spacial score (nSPS) is 10.4. The zero-order chi connectivity index (χ0) is 25.4. The van der Waals surface area contributed by atoms with E-state index in [9.17, 15) is 24.0 Å². The smallest absolute Gasteiger partial charge is 0.303 e. The Balaban J connectivity index is 3.45. The predicted octanol–water partition coefficient (Wildman–Crippen LogP) is 0.436. The Morgan fingerprint density at radius 2 is 1.03 bits per heavy atom. The third-order valence-corrected chi connectivity index (χ3v) is 4.91. The molecule has 0 bridgehead atoms. The van der Waals surface area contributed by atoms with Crippen molar-refractivity contribution < 1.29 is 29.1 Å². The Morgan fingerprint density at radius 1 is 0.529 bits per heavy atom. The molecular weight excluding hydrogens is 442 g/mol. The van der Waals surface area contributed by atoms with Gasteiger partial charge in [-0.05, 0) is 52.0 Å². The van der Waals surface area contributed by atoms with Gasteiger partial charge in [0.05, 0.1) is 13.1 Å². The first-order valence-corrected chi connectivity index (χ1v) is 12.3. The van der Waals surface area contributed by atoms with Crippen LogP contribution >= 0.6 is 0 Å². The highest BCUT2D eigenvalue weighted by Gasteiger charge is 2.06. The van der Waals surface area contributed by atoms with Crippen LogP contribution in [0.2, 0.25) is 0 Å². The van der Waals surface area contributed by atoms with Crippen LogP contribution in [-0.2, 0) is 24.0 Å². The quantitative estimate of drug-likeness (QED) is 0.121. The van der Waals surface area contributed by atoms with E-state index in [1.165, 1.54) is 0 Å². The Bertz CT molecular complexity index is 615. The number of hydrogen-bond acceptors (Lipinski definition) is 6. The van der Waals surface area contributed by atoms with E-state index < -0.39 is 5.97 Å². The van der Waals surface area contributed by atoms with E-state index in [1.807, 2.05) is 6.92 Å². The molecule has 0 rings (SSSR count). The number of amides is 4. The molecule has 0 aromatic carbocycles. The molecule has 0 radical (unpaired) electrons. The van der Waals surface area contributed by atoms with Gasteiger partial charge in [0.25, 0.3) is 0 Å². The molecule has 0 fully saturated rings. The fraction of sp³-hybridized carbons (Fsp3) is 0.783. The molecule has 6 N–H and O–H groups in total. The van der Waals surface area contributed by atoms with Gasteiger partial charge in [-0.15, -0.1) is 0 Å². The average Bonchev–Trinajstić information content (AvgIpc) is 2.79. The molecule has 196 valence electrons. The van der Waals surface area contributed by atoms with Gasteiger partial charge in [0, 0.05) is 38.9 Å². The largest absolute Gasteiger partial charge is 0.481 e. The number of nitrogens with one attached hydrogen (secondary N) is 5. The van der Waals surface area contributed by atoms with Crippen LogP contribution in [0.1, 0.15) is 77.6 Å². The lowest BCUT2D eigenvalue weighted by atomic mass is 10.2. The Kier molecular flexibility index (Phi) is 20.4. The van der Waals surface area contributed by atoms with Crippen LogP contribution < -0.4 is 26.6 Å². The van der Waals surface area contributed by atoms with E-state index in [0.717, 1.165) is 45.1 Å². The summed E-state index contributed by atoms with van der Waals surface area (Å²) in [6.45, 7) is 4.68. The van der Waals surface area contributed by atoms with Gasteiger partial charge in [-0.1, -0.05) is 12.8 Å². The lowest BCUT2D eigenvalue weighted by Crippen LogP contribution is -2.37. The molecule has 0 aliphatic carbocycles. The maximum atomic E-state index is 11.8. The van der Waals surface area contributed by atoms with E-state index in [1.54, 1.807) is 0 Å². The van der Waals surface area contributed by atoms with Gasteiger partial charge in [-0.3, -0.25) is 24.0 Å². The fourth-order valence-corrected chi connectivity index (χ4v) is 3.04. The summed E-state index contributed by atoms with van der Waals surface area (Å²) >= 11 is 0. The van der Waals surface area contributed by atoms with E-state index in [2.05, 4.69) is 26.6 Å². The summed E-state index contributed by atoms with van der Waals surface area (Å²) in [6.07, 6.45) is 6.78. The standard InChI is InChI=1S/C23H43N5O6/c1-2-25-21(31)17-24-14-8-4-10-15-26-19(29)11-5-3-9-16-27-22(32)18-28-20(30)12-6-7-13-23(33)34/h24H,2-18H2,1H3,(H,25,31)(H,26,29)(H,27,32)(H,28,30)(H,33,34). The molecule has 11 nitrogen and oxygen atoms in total. The van der Waals surface area contributed by atoms with Gasteiger partial charge in [0.1, 0.15) is 0 Å². The van der Waals surface area contributed by atoms with Crippen LogP contribution in [0, 0.1) is 0 Å². The number of carbonyl (C=O) groups excluding carboxylic acids is 4. The van der Waals surface area contributed by atoms with E-state index in [-0.39, 0.29) is 43.0 Å². The lowest BCUT2D eigenvalue weighted by molar-refractivity contribution is -0.137. The topological polar surface area (TPSA) is 166 Å². The summed E-state index contributed by atoms with van der Waals surface area (Å²) in [6, 6.07) is 0. The van der Waals surface area contributed by atoms with E-state index in [4.69, 9.17) is 5.11 Å². The second-order valence-corrected chi connectivity index (χ2v) is 8.08. The van der Waals surface area contributed by atoms with Gasteiger partial charge in [0.15, 0.2) is 0 Å². The molecule has 0 heterocycles. The molecule has 0 atom stereocenters. The molecule has 0 aliphatic rings. The van der Waals surface area contributed by atoms with Gasteiger partial charge in [-0.25, -0.2) is 0 Å². The van der Waals surface area contributed by atoms with Crippen molar-refractivity contribution in [1.82, 2.24) is 26.6 Å². The lowest BCUT2D eigenvalue weighted by Gasteiger charge is -2.08. The van der Waals surface area contributed by atoms with E-state index >= 15 is 0 Å². The van der Waals surface area contributed by atoms with Crippen LogP contribution in [0.4, 0.5) is 0 Å². The summed E-state index contributed by atoms with van der Waals surface area (Å²) in [7, 11) is 0. The molecule has 0 spiro atoms. The first-order chi connectivity index (χ1) is 16.3. The third-order valence-electron chi connectivity index (χ3n) is 4.91. The number of carboxylic acids is 1. The molecule has 0 saturated carbocycles. The fourth-order valence-electron chi connectivity index (χ4n) is 3.04. The van der Waals surface area contributed by atoms with Crippen molar-refractivity contribution in [3.8, 4) is 0 Å². The SMILES string of the molecule is CCNC(=O)CNCCCCCNC(=O)CCCCCNC(=O)CNC(=O)CCCCC(=O)O. The molecule has 34 heavy (non-hydrogen) atoms. The van der Waals surface area contributed by atoms with Gasteiger partial charge < -0.3 is 31.7 Å². The zero-order valence-electron chi connectivity index (χ0n) is 20.5. The van der Waals surface area contributed by atoms with Crippen LogP contribution in [0.15, 0.2) is 0 Å². The Labute approximate surface area is 202 Å². The van der Waals surface area contributed by atoms with Gasteiger partial charge in [0.2, 0.25) is 23.6 Å². The highest BCUT2D eigenvalue weighted by Crippen LogP contribution is 2.00. The number of carbonyl (C=O) groups is 5. The minimum absolute atomic E-state index is 0.00365. The third kappa shape index (κ3) is 22.5. The van der Waals surface area contributed by atoms with Gasteiger partial charge >= 0.3 is 5.97 Å². The maximum Gasteiger partial charge on any atom is 0.303 e. The number of hydrogen-bond donors (Lipinski definition) is 6. The van der Waals surface area contributed by atoms with Crippen LogP contribution in [0.25, 0.3) is 0 Å². The number of carboxylic acid groups (broad SMARTS) is 1. The number of rotatable bonds is 22. The first-order valence-electron chi connectivity index (χ1n) is 12.3. The van der Waals surface area contributed by atoms with Crippen LogP contribution in [0.5, 0.6) is 0 Å². The second kappa shape index (κ2) is 22.1. The monoisotopic (exact) mass is 485 g/mol. The van der Waals surface area contributed by atoms with Crippen molar-refractivity contribution in [2.24, 2.45) is 0 Å². The second-order valence-electron chi connectivity index (χ2n) is 8.08. The summed E-state index contributed by atoms with van der Waals surface area (Å²) in [5.41, 5.74) is 0. The van der Waals surface area contributed by atoms with Crippen molar-refractivity contribution in [1.29, 1.82) is 0 Å². The number of unbranched alkanes of at least 4 members (excludes halogenated alkanes) is 5. The summed E-state index contributed by atoms with van der Waals surface area (Å²) < 4.78 is 0. The van der Waals surface area contributed by atoms with Crippen LogP contribution in [0.3, 0.4) is 0 Å². The first kappa shape index (κ1) is 31.3. The predicted molar refractivity (Wildman–Crippen MR) is 129 cm³/mol. The molecule has 0 saturated heterocycles. The summed E-state index contributed by atoms with van der Waals surface area (Å²) in [5, 5.41) is 22.5. The number of likely N-dealkylation sites (N-methyl/N-ethyl adjacent to an activating group) is 1. The minimum Gasteiger partial charge on any atom is -0.481 e. The Hall–Kier alpha value is -2.69. The molecule has 0 aromatic rings. The van der Waals surface area contributed by atoms with Crippen molar-refractivity contribution in [2.45, 2.75) is 77.6 Å². The van der Waals surface area contributed by atoms with Crippen molar-refractivity contribution in [2.75, 3.05) is 39.3 Å². The minimum atomic E-state index is -0.882. The Morgan fingerprint density at radius 3 is 1.68 bits per heavy atom. The zero-order valence-corrected chi connectivity index (χ0v) is 20.5. The van der Waals surface area contributed by atoms with Crippen molar-refractivity contribution in [3.63, 3.8) is 0 Å². The highest BCUT2D eigenvalue weighted by atomic mass is 16.4. The highest BCUT2D eigenvalue weighted by molar-refractivity contribution is 5.84. The molecular formula is C23H43N5O6. The average molecular weight is 486 g/mol. The molecule has 0 aliphatic heterocycles. The summed E-state index contributed by atoms with van der Waals surface area (Å²) in [5.74, 6) is -1.38. The number of aliphatic carboxylic acids is 1. The van der Waals surface area contributed by atoms with Gasteiger partial charge in [-0.2, -0.15) is 0 Å².